The predicted molar refractivity (Wildman–Crippen MR) is 114 cm³/mol. The van der Waals surface area contributed by atoms with Crippen LogP contribution in [-0.4, -0.2) is 78.6 Å². The number of nitrogens with zero attached hydrogens (tertiary/aromatic N) is 3. The second-order valence-corrected chi connectivity index (χ2v) is 9.82. The molecule has 1 aromatic rings. The largest absolute Gasteiger partial charge is 0.417 e. The maximum absolute atomic E-state index is 13.9. The maximum Gasteiger partial charge on any atom is 0.417 e. The van der Waals surface area contributed by atoms with Crippen molar-refractivity contribution in [3.05, 3.63) is 29.1 Å². The Labute approximate surface area is 196 Å². The monoisotopic (exact) mass is 484 g/mol. The first-order valence-corrected chi connectivity index (χ1v) is 11.8. The van der Waals surface area contributed by atoms with Crippen LogP contribution < -0.4 is 5.84 Å². The number of alkyl halides is 3. The van der Waals surface area contributed by atoms with E-state index in [9.17, 15) is 18.0 Å². The standard InChI is InChI=1S/C23H31F3N4O4/c1-32-19-13-33-6-3-18(19)30(27)16-9-20-22(10-16,4-7-34-20)21(31)29-5-2-17-14(12-29)8-15(11-28-17)23(24,25)26/h8,11,16,18-20H,2-7,9-10,12-13,27H2,1H3/t16?,18-,19+,20+,22+/m0/s1. The van der Waals surface area contributed by atoms with E-state index >= 15 is 0 Å². The number of pyridine rings is 1. The first-order valence-electron chi connectivity index (χ1n) is 11.8. The van der Waals surface area contributed by atoms with Gasteiger partial charge in [0.25, 0.3) is 0 Å². The molecule has 1 unspecified atom stereocenters. The van der Waals surface area contributed by atoms with Crippen molar-refractivity contribution in [2.24, 2.45) is 11.3 Å². The van der Waals surface area contributed by atoms with E-state index in [-0.39, 0.29) is 36.7 Å². The van der Waals surface area contributed by atoms with E-state index in [1.807, 2.05) is 5.01 Å². The highest BCUT2D eigenvalue weighted by molar-refractivity contribution is 5.84. The number of carbonyl (C=O) groups is 1. The van der Waals surface area contributed by atoms with E-state index in [0.717, 1.165) is 18.7 Å². The fourth-order valence-electron chi connectivity index (χ4n) is 6.15. The van der Waals surface area contributed by atoms with E-state index < -0.39 is 17.2 Å². The number of hydrogen-bond donors (Lipinski definition) is 1. The van der Waals surface area contributed by atoms with E-state index in [0.29, 0.717) is 63.3 Å². The number of ether oxygens (including phenoxy) is 3. The lowest BCUT2D eigenvalue weighted by Crippen LogP contribution is -2.57. The quantitative estimate of drug-likeness (QED) is 0.516. The molecule has 8 nitrogen and oxygen atoms in total. The molecule has 2 N–H and O–H groups in total. The van der Waals surface area contributed by atoms with Gasteiger partial charge in [0.1, 0.15) is 0 Å². The summed E-state index contributed by atoms with van der Waals surface area (Å²) in [5.41, 5.74) is -0.412. The number of hydrazine groups is 1. The first-order chi connectivity index (χ1) is 16.2. The Balaban J connectivity index is 1.33. The summed E-state index contributed by atoms with van der Waals surface area (Å²) >= 11 is 0. The molecule has 1 saturated carbocycles. The smallest absolute Gasteiger partial charge is 0.379 e. The molecule has 0 bridgehead atoms. The van der Waals surface area contributed by atoms with Gasteiger partial charge in [0.15, 0.2) is 0 Å². The van der Waals surface area contributed by atoms with Crippen LogP contribution in [0, 0.1) is 5.41 Å². The molecule has 34 heavy (non-hydrogen) atoms. The van der Waals surface area contributed by atoms with Gasteiger partial charge in [-0.05, 0) is 37.3 Å². The van der Waals surface area contributed by atoms with Crippen LogP contribution in [0.3, 0.4) is 0 Å². The van der Waals surface area contributed by atoms with Crippen LogP contribution in [0.5, 0.6) is 0 Å². The molecule has 4 heterocycles. The van der Waals surface area contributed by atoms with E-state index in [4.69, 9.17) is 20.1 Å². The van der Waals surface area contributed by atoms with Gasteiger partial charge in [0.2, 0.25) is 5.91 Å². The van der Waals surface area contributed by atoms with Crippen LogP contribution in [0.15, 0.2) is 12.3 Å². The SMILES string of the molecule is CO[C@@H]1COCC[C@@H]1N(N)C1C[C@H]2OCC[C@@]2(C(=O)N2CCc3ncc(C(F)(F)F)cc3C2)C1. The molecular formula is C23H31F3N4O4. The highest BCUT2D eigenvalue weighted by atomic mass is 19.4. The minimum Gasteiger partial charge on any atom is -0.379 e. The van der Waals surface area contributed by atoms with Gasteiger partial charge < -0.3 is 19.1 Å². The van der Waals surface area contributed by atoms with Gasteiger partial charge in [0.05, 0.1) is 35.8 Å². The van der Waals surface area contributed by atoms with Crippen molar-refractivity contribution in [1.82, 2.24) is 14.9 Å². The van der Waals surface area contributed by atoms with Crippen LogP contribution in [0.1, 0.15) is 42.5 Å². The molecule has 1 amide bonds. The summed E-state index contributed by atoms with van der Waals surface area (Å²) in [5.74, 6) is 6.53. The van der Waals surface area contributed by atoms with Crippen LogP contribution in [-0.2, 0) is 38.1 Å². The Morgan fingerprint density at radius 2 is 2.21 bits per heavy atom. The van der Waals surface area contributed by atoms with Gasteiger partial charge in [-0.25, -0.2) is 5.01 Å². The van der Waals surface area contributed by atoms with Gasteiger partial charge >= 0.3 is 6.18 Å². The minimum atomic E-state index is -4.47. The highest BCUT2D eigenvalue weighted by Gasteiger charge is 2.59. The summed E-state index contributed by atoms with van der Waals surface area (Å²) in [7, 11) is 1.64. The summed E-state index contributed by atoms with van der Waals surface area (Å²) in [5, 5.41) is 1.83. The average Bonchev–Trinajstić information content (AvgIpc) is 3.40. The zero-order valence-electron chi connectivity index (χ0n) is 19.2. The molecule has 0 spiro atoms. The molecule has 4 aliphatic rings. The van der Waals surface area contributed by atoms with E-state index in [1.165, 1.54) is 0 Å². The zero-order valence-corrected chi connectivity index (χ0v) is 19.2. The van der Waals surface area contributed by atoms with Crippen molar-refractivity contribution in [1.29, 1.82) is 0 Å². The summed E-state index contributed by atoms with van der Waals surface area (Å²) in [6.07, 6.45) is -1.02. The van der Waals surface area contributed by atoms with Gasteiger partial charge in [-0.15, -0.1) is 0 Å². The number of nitrogens with two attached hydrogens (primary N) is 1. The number of methoxy groups -OCH3 is 1. The van der Waals surface area contributed by atoms with Crippen molar-refractivity contribution < 1.29 is 32.2 Å². The number of halogens is 3. The van der Waals surface area contributed by atoms with Crippen molar-refractivity contribution >= 4 is 5.91 Å². The molecule has 1 aromatic heterocycles. The maximum atomic E-state index is 13.9. The molecule has 1 aliphatic carbocycles. The van der Waals surface area contributed by atoms with Crippen molar-refractivity contribution in [3.63, 3.8) is 0 Å². The molecule has 5 atom stereocenters. The topological polar surface area (TPSA) is 90.2 Å². The molecule has 3 fully saturated rings. The number of aromatic nitrogens is 1. The number of amides is 1. The average molecular weight is 485 g/mol. The molecule has 0 radical (unpaired) electrons. The van der Waals surface area contributed by atoms with Crippen molar-refractivity contribution in [3.8, 4) is 0 Å². The fraction of sp³-hybridized carbons (Fsp3) is 0.739. The van der Waals surface area contributed by atoms with E-state index in [2.05, 4.69) is 4.98 Å². The minimum absolute atomic E-state index is 0.0107. The predicted octanol–water partition coefficient (Wildman–Crippen LogP) is 1.90. The summed E-state index contributed by atoms with van der Waals surface area (Å²) in [4.78, 5) is 19.6. The van der Waals surface area contributed by atoms with Gasteiger partial charge in [-0.3, -0.25) is 15.6 Å². The van der Waals surface area contributed by atoms with Crippen LogP contribution in [0.25, 0.3) is 0 Å². The number of fused-ring (bicyclic) bond motifs is 2. The van der Waals surface area contributed by atoms with Crippen LogP contribution in [0.4, 0.5) is 13.2 Å². The Morgan fingerprint density at radius 1 is 1.38 bits per heavy atom. The van der Waals surface area contributed by atoms with Crippen molar-refractivity contribution in [2.75, 3.05) is 33.5 Å². The normalized spacial score (nSPS) is 33.8. The molecule has 2 saturated heterocycles. The van der Waals surface area contributed by atoms with Gasteiger partial charge in [-0.1, -0.05) is 0 Å². The Bertz CT molecular complexity index is 932. The van der Waals surface area contributed by atoms with Gasteiger partial charge in [-0.2, -0.15) is 13.2 Å². The summed E-state index contributed by atoms with van der Waals surface area (Å²) in [6, 6.07) is 1.06. The summed E-state index contributed by atoms with van der Waals surface area (Å²) in [6.45, 7) is 2.14. The van der Waals surface area contributed by atoms with Crippen LogP contribution >= 0.6 is 0 Å². The molecule has 3 aliphatic heterocycles. The molecule has 5 rings (SSSR count). The van der Waals surface area contributed by atoms with E-state index in [1.54, 1.807) is 12.0 Å². The van der Waals surface area contributed by atoms with Crippen molar-refractivity contribution in [2.45, 2.75) is 69.1 Å². The second kappa shape index (κ2) is 9.02. The Hall–Kier alpha value is -1.79. The lowest BCUT2D eigenvalue weighted by molar-refractivity contribution is -0.145. The summed E-state index contributed by atoms with van der Waals surface area (Å²) < 4.78 is 56.7. The van der Waals surface area contributed by atoms with Crippen LogP contribution in [0.2, 0.25) is 0 Å². The highest BCUT2D eigenvalue weighted by Crippen LogP contribution is 2.50. The second-order valence-electron chi connectivity index (χ2n) is 9.82. The third-order valence-electron chi connectivity index (χ3n) is 8.03. The number of carbonyl (C=O) groups excluding carboxylic acids is 1. The number of rotatable bonds is 4. The Kier molecular flexibility index (Phi) is 6.34. The molecule has 188 valence electrons. The Morgan fingerprint density at radius 3 is 2.97 bits per heavy atom. The molecular weight excluding hydrogens is 453 g/mol. The van der Waals surface area contributed by atoms with Gasteiger partial charge in [0, 0.05) is 57.8 Å². The zero-order chi connectivity index (χ0) is 24.1. The molecule has 11 heteroatoms. The lowest BCUT2D eigenvalue weighted by Gasteiger charge is -2.40. The first kappa shape index (κ1) is 23.9. The fourth-order valence-corrected chi connectivity index (χ4v) is 6.15. The third-order valence-corrected chi connectivity index (χ3v) is 8.03. The lowest BCUT2D eigenvalue weighted by atomic mass is 9.80. The molecule has 0 aromatic carbocycles. The number of hydrogen-bond acceptors (Lipinski definition) is 7. The third kappa shape index (κ3) is 4.11.